The first-order chi connectivity index (χ1) is 11.2. The maximum atomic E-state index is 12.1. The van der Waals surface area contributed by atoms with Crippen LogP contribution in [0.1, 0.15) is 58.8 Å². The van der Waals surface area contributed by atoms with Gasteiger partial charge in [-0.25, -0.2) is 0 Å². The van der Waals surface area contributed by atoms with Gasteiger partial charge in [-0.3, -0.25) is 4.79 Å². The van der Waals surface area contributed by atoms with Gasteiger partial charge < -0.3 is 15.3 Å². The summed E-state index contributed by atoms with van der Waals surface area (Å²) >= 11 is 0. The predicted molar refractivity (Wildman–Crippen MR) is 90.2 cm³/mol. The zero-order chi connectivity index (χ0) is 17.5. The summed E-state index contributed by atoms with van der Waals surface area (Å²) in [6, 6.07) is 0. The molecule has 0 aliphatic heterocycles. The summed E-state index contributed by atoms with van der Waals surface area (Å²) in [6.45, 7) is 8.19. The van der Waals surface area contributed by atoms with Crippen LogP contribution in [0.4, 0.5) is 0 Å². The number of fused-ring (bicyclic) bond motifs is 3. The van der Waals surface area contributed by atoms with Crippen LogP contribution in [0.2, 0.25) is 0 Å². The Morgan fingerprint density at radius 2 is 1.83 bits per heavy atom. The van der Waals surface area contributed by atoms with Gasteiger partial charge in [0.05, 0.1) is 17.6 Å². The minimum absolute atomic E-state index is 0.178. The van der Waals surface area contributed by atoms with Gasteiger partial charge in [0.1, 0.15) is 0 Å². The Balaban J connectivity index is 1.83. The lowest BCUT2D eigenvalue weighted by molar-refractivity contribution is -0.239. The molecule has 3 N–H and O–H groups in total. The molecule has 4 rings (SSSR count). The van der Waals surface area contributed by atoms with E-state index in [4.69, 9.17) is 0 Å². The highest BCUT2D eigenvalue weighted by Crippen LogP contribution is 2.72. The van der Waals surface area contributed by atoms with Crippen molar-refractivity contribution in [1.29, 1.82) is 0 Å². The monoisotopic (exact) mass is 334 g/mol. The predicted octanol–water partition coefficient (Wildman–Crippen LogP) is 2.98. The van der Waals surface area contributed by atoms with Crippen molar-refractivity contribution in [3.05, 3.63) is 12.2 Å². The topological polar surface area (TPSA) is 77.8 Å². The zero-order valence-electron chi connectivity index (χ0n) is 14.8. The molecule has 0 aromatic rings. The third-order valence-corrected chi connectivity index (χ3v) is 8.79. The van der Waals surface area contributed by atoms with Gasteiger partial charge in [-0.05, 0) is 69.6 Å². The van der Waals surface area contributed by atoms with Crippen LogP contribution in [0.25, 0.3) is 0 Å². The SMILES string of the molecule is C=C1C[C@]23C[C@H]1CC[C@H]2[C@]1(C)[C@@H](O)CC[C@@](C)(C(=O)O)[C@H]1C[C@@H]3O. The molecule has 1 spiro atoms. The lowest BCUT2D eigenvalue weighted by Crippen LogP contribution is -2.66. The van der Waals surface area contributed by atoms with Crippen molar-refractivity contribution in [2.75, 3.05) is 0 Å². The number of aliphatic hydroxyl groups is 2. The molecule has 4 saturated carbocycles. The molecule has 0 radical (unpaired) electrons. The lowest BCUT2D eigenvalue weighted by Gasteiger charge is -2.66. The van der Waals surface area contributed by atoms with E-state index in [0.717, 1.165) is 25.7 Å². The normalized spacial score (nSPS) is 56.5. The molecule has 0 saturated heterocycles. The van der Waals surface area contributed by atoms with Crippen LogP contribution < -0.4 is 0 Å². The van der Waals surface area contributed by atoms with Gasteiger partial charge in [0.15, 0.2) is 0 Å². The second kappa shape index (κ2) is 4.85. The quantitative estimate of drug-likeness (QED) is 0.644. The van der Waals surface area contributed by atoms with Crippen LogP contribution in [0.15, 0.2) is 12.2 Å². The average Bonchev–Trinajstić information content (AvgIpc) is 2.78. The van der Waals surface area contributed by atoms with Crippen molar-refractivity contribution in [3.8, 4) is 0 Å². The minimum atomic E-state index is -0.858. The molecule has 0 aromatic carbocycles. The molecule has 134 valence electrons. The number of aliphatic hydroxyl groups excluding tert-OH is 2. The highest BCUT2D eigenvalue weighted by Gasteiger charge is 2.70. The Labute approximate surface area is 144 Å². The Bertz CT molecular complexity index is 600. The van der Waals surface area contributed by atoms with Crippen molar-refractivity contribution < 1.29 is 20.1 Å². The van der Waals surface area contributed by atoms with E-state index in [1.54, 1.807) is 0 Å². The number of carbonyl (C=O) groups is 1. The fourth-order valence-electron chi connectivity index (χ4n) is 7.43. The molecule has 0 heterocycles. The molecule has 0 aromatic heterocycles. The summed E-state index contributed by atoms with van der Waals surface area (Å²) in [5, 5.41) is 32.0. The number of carboxylic acids is 1. The summed E-state index contributed by atoms with van der Waals surface area (Å²) in [7, 11) is 0. The second-order valence-electron chi connectivity index (χ2n) is 9.55. The fourth-order valence-corrected chi connectivity index (χ4v) is 7.43. The van der Waals surface area contributed by atoms with Crippen molar-refractivity contribution in [2.24, 2.45) is 34.0 Å². The van der Waals surface area contributed by atoms with Crippen molar-refractivity contribution >= 4 is 5.97 Å². The van der Waals surface area contributed by atoms with Crippen molar-refractivity contribution in [1.82, 2.24) is 0 Å². The Morgan fingerprint density at radius 3 is 2.50 bits per heavy atom. The van der Waals surface area contributed by atoms with Gasteiger partial charge in [-0.15, -0.1) is 0 Å². The zero-order valence-corrected chi connectivity index (χ0v) is 14.8. The van der Waals surface area contributed by atoms with Gasteiger partial charge in [0, 0.05) is 10.8 Å². The van der Waals surface area contributed by atoms with E-state index in [1.165, 1.54) is 5.57 Å². The summed E-state index contributed by atoms with van der Waals surface area (Å²) in [5.74, 6) is -0.272. The second-order valence-corrected chi connectivity index (χ2v) is 9.55. The molecule has 4 nitrogen and oxygen atoms in total. The molecular weight excluding hydrogens is 304 g/mol. The maximum Gasteiger partial charge on any atom is 0.309 e. The number of carboxylic acid groups (broad SMARTS) is 1. The molecule has 24 heavy (non-hydrogen) atoms. The third-order valence-electron chi connectivity index (χ3n) is 8.79. The standard InChI is InChI=1S/C20H30O4/c1-11-9-20-10-12(11)4-5-13(20)19(3)14(8-16(20)22)18(2,17(23)24)7-6-15(19)21/h12-16,21-22H,1,4-10H2,2-3H3,(H,23,24)/t12-,13+,14-,15+,16+,18-,19+,20+/m1/s1. The van der Waals surface area contributed by atoms with Gasteiger partial charge in [-0.1, -0.05) is 19.1 Å². The van der Waals surface area contributed by atoms with Crippen LogP contribution in [0, 0.1) is 34.0 Å². The van der Waals surface area contributed by atoms with E-state index < -0.39 is 29.0 Å². The van der Waals surface area contributed by atoms with Crippen LogP contribution in [-0.2, 0) is 4.79 Å². The maximum absolute atomic E-state index is 12.1. The molecule has 4 heteroatoms. The number of hydrogen-bond donors (Lipinski definition) is 3. The Hall–Kier alpha value is -0.870. The fraction of sp³-hybridized carbons (Fsp3) is 0.850. The van der Waals surface area contributed by atoms with E-state index in [0.29, 0.717) is 25.2 Å². The molecule has 4 fully saturated rings. The average molecular weight is 334 g/mol. The number of allylic oxidation sites excluding steroid dienone is 1. The molecular formula is C20H30O4. The van der Waals surface area contributed by atoms with E-state index in [-0.39, 0.29) is 17.3 Å². The summed E-state index contributed by atoms with van der Waals surface area (Å²) < 4.78 is 0. The number of hydrogen-bond acceptors (Lipinski definition) is 3. The lowest BCUT2D eigenvalue weighted by atomic mass is 9.39. The smallest absolute Gasteiger partial charge is 0.309 e. The van der Waals surface area contributed by atoms with Gasteiger partial charge in [-0.2, -0.15) is 0 Å². The van der Waals surface area contributed by atoms with E-state index >= 15 is 0 Å². The van der Waals surface area contributed by atoms with Crippen LogP contribution in [-0.4, -0.2) is 33.5 Å². The number of aliphatic carboxylic acids is 1. The van der Waals surface area contributed by atoms with E-state index in [1.807, 2.05) is 6.92 Å². The Kier molecular flexibility index (Phi) is 3.35. The first kappa shape index (κ1) is 16.6. The summed E-state index contributed by atoms with van der Waals surface area (Å²) in [6.07, 6.45) is 4.43. The Morgan fingerprint density at radius 1 is 1.12 bits per heavy atom. The highest BCUT2D eigenvalue weighted by atomic mass is 16.4. The van der Waals surface area contributed by atoms with Gasteiger partial charge in [0.2, 0.25) is 0 Å². The van der Waals surface area contributed by atoms with Crippen LogP contribution in [0.5, 0.6) is 0 Å². The minimum Gasteiger partial charge on any atom is -0.481 e. The van der Waals surface area contributed by atoms with E-state index in [9.17, 15) is 20.1 Å². The molecule has 0 amide bonds. The van der Waals surface area contributed by atoms with Gasteiger partial charge >= 0.3 is 5.97 Å². The molecule has 8 atom stereocenters. The van der Waals surface area contributed by atoms with Crippen LogP contribution in [0.3, 0.4) is 0 Å². The van der Waals surface area contributed by atoms with Gasteiger partial charge in [0.25, 0.3) is 0 Å². The first-order valence-electron chi connectivity index (χ1n) is 9.43. The van der Waals surface area contributed by atoms with Crippen molar-refractivity contribution in [3.63, 3.8) is 0 Å². The summed E-state index contributed by atoms with van der Waals surface area (Å²) in [4.78, 5) is 12.1. The summed E-state index contributed by atoms with van der Waals surface area (Å²) in [5.41, 5.74) is -0.225. The molecule has 4 aliphatic rings. The number of rotatable bonds is 1. The van der Waals surface area contributed by atoms with Crippen molar-refractivity contribution in [2.45, 2.75) is 71.0 Å². The first-order valence-corrected chi connectivity index (χ1v) is 9.43. The van der Waals surface area contributed by atoms with E-state index in [2.05, 4.69) is 13.5 Å². The largest absolute Gasteiger partial charge is 0.481 e. The third kappa shape index (κ3) is 1.74. The molecule has 0 unspecified atom stereocenters. The molecule has 2 bridgehead atoms. The van der Waals surface area contributed by atoms with Crippen LogP contribution >= 0.6 is 0 Å². The highest BCUT2D eigenvalue weighted by molar-refractivity contribution is 5.75. The molecule has 4 aliphatic carbocycles.